The second kappa shape index (κ2) is 6.46. The number of para-hydroxylation sites is 1. The van der Waals surface area contributed by atoms with Crippen LogP contribution in [-0.2, 0) is 9.59 Å². The number of hydrogen-bond donors (Lipinski definition) is 2. The summed E-state index contributed by atoms with van der Waals surface area (Å²) >= 11 is 1.44. The lowest BCUT2D eigenvalue weighted by atomic mass is 10.1. The predicted octanol–water partition coefficient (Wildman–Crippen LogP) is 3.75. The Labute approximate surface area is 139 Å². The smallest absolute Gasteiger partial charge is 0.238 e. The number of carbonyl (C=O) groups excluding carboxylic acids is 2. The number of hydrogen-bond acceptors (Lipinski definition) is 3. The minimum absolute atomic E-state index is 0.121. The van der Waals surface area contributed by atoms with Gasteiger partial charge < -0.3 is 10.6 Å². The molecule has 0 radical (unpaired) electrons. The van der Waals surface area contributed by atoms with E-state index in [2.05, 4.69) is 10.6 Å². The van der Waals surface area contributed by atoms with Crippen LogP contribution in [0.4, 0.5) is 11.4 Å². The van der Waals surface area contributed by atoms with Crippen molar-refractivity contribution in [2.24, 2.45) is 0 Å². The van der Waals surface area contributed by atoms with Crippen molar-refractivity contribution < 1.29 is 9.59 Å². The van der Waals surface area contributed by atoms with Gasteiger partial charge in [-0.15, -0.1) is 11.8 Å². The lowest BCUT2D eigenvalue weighted by Crippen LogP contribution is -2.32. The SMILES string of the molecule is Cc1ccc(C)c(NC(=O)C[C@H]2Sc3ccccc3NC2=O)c1. The van der Waals surface area contributed by atoms with Gasteiger partial charge in [-0.3, -0.25) is 9.59 Å². The van der Waals surface area contributed by atoms with E-state index in [0.717, 1.165) is 27.4 Å². The zero-order valence-corrected chi connectivity index (χ0v) is 13.9. The van der Waals surface area contributed by atoms with Gasteiger partial charge in [-0.1, -0.05) is 24.3 Å². The summed E-state index contributed by atoms with van der Waals surface area (Å²) in [5.41, 5.74) is 3.71. The number of thioether (sulfide) groups is 1. The number of benzene rings is 2. The molecule has 0 spiro atoms. The van der Waals surface area contributed by atoms with Crippen molar-refractivity contribution in [2.75, 3.05) is 10.6 Å². The van der Waals surface area contributed by atoms with Gasteiger partial charge in [0.25, 0.3) is 0 Å². The number of fused-ring (bicyclic) bond motifs is 1. The monoisotopic (exact) mass is 326 g/mol. The Kier molecular flexibility index (Phi) is 4.39. The molecule has 2 amide bonds. The standard InChI is InChI=1S/C18H18N2O2S/c1-11-7-8-12(2)14(9-11)19-17(21)10-16-18(22)20-13-5-3-4-6-15(13)23-16/h3-9,16H,10H2,1-2H3,(H,19,21)(H,20,22)/t16-/m1/s1. The Bertz CT molecular complexity index is 773. The molecule has 0 bridgehead atoms. The number of amides is 2. The zero-order chi connectivity index (χ0) is 16.4. The van der Waals surface area contributed by atoms with Crippen LogP contribution in [0.5, 0.6) is 0 Å². The first-order valence-corrected chi connectivity index (χ1v) is 8.34. The largest absolute Gasteiger partial charge is 0.326 e. The second-order valence-electron chi connectivity index (χ2n) is 5.66. The lowest BCUT2D eigenvalue weighted by Gasteiger charge is -2.23. The molecule has 2 aromatic carbocycles. The van der Waals surface area contributed by atoms with E-state index < -0.39 is 5.25 Å². The quantitative estimate of drug-likeness (QED) is 0.903. The van der Waals surface area contributed by atoms with Crippen LogP contribution in [0.3, 0.4) is 0 Å². The topological polar surface area (TPSA) is 58.2 Å². The van der Waals surface area contributed by atoms with Gasteiger partial charge in [-0.05, 0) is 43.2 Å². The molecule has 2 N–H and O–H groups in total. The maximum Gasteiger partial charge on any atom is 0.238 e. The van der Waals surface area contributed by atoms with Crippen LogP contribution in [0.1, 0.15) is 17.5 Å². The molecule has 5 heteroatoms. The van der Waals surface area contributed by atoms with Crippen molar-refractivity contribution in [1.29, 1.82) is 0 Å². The molecular weight excluding hydrogens is 308 g/mol. The molecule has 2 aromatic rings. The highest BCUT2D eigenvalue weighted by Crippen LogP contribution is 2.36. The Morgan fingerprint density at radius 1 is 1.22 bits per heavy atom. The van der Waals surface area contributed by atoms with E-state index in [1.165, 1.54) is 11.8 Å². The Hall–Kier alpha value is -2.27. The Morgan fingerprint density at radius 3 is 2.83 bits per heavy atom. The number of anilines is 2. The van der Waals surface area contributed by atoms with E-state index in [9.17, 15) is 9.59 Å². The van der Waals surface area contributed by atoms with Crippen LogP contribution in [0.2, 0.25) is 0 Å². The van der Waals surface area contributed by atoms with E-state index in [-0.39, 0.29) is 18.2 Å². The van der Waals surface area contributed by atoms with E-state index in [1.807, 2.05) is 56.3 Å². The summed E-state index contributed by atoms with van der Waals surface area (Å²) in [5, 5.41) is 5.36. The molecule has 0 saturated carbocycles. The third kappa shape index (κ3) is 3.56. The molecule has 1 aliphatic rings. The average Bonchev–Trinajstić information content (AvgIpc) is 2.51. The summed E-state index contributed by atoms with van der Waals surface area (Å²) in [6.07, 6.45) is 0.151. The van der Waals surface area contributed by atoms with Crippen molar-refractivity contribution in [2.45, 2.75) is 30.4 Å². The minimum Gasteiger partial charge on any atom is -0.326 e. The molecule has 3 rings (SSSR count). The number of nitrogens with one attached hydrogen (secondary N) is 2. The molecular formula is C18H18N2O2S. The highest BCUT2D eigenvalue weighted by molar-refractivity contribution is 8.01. The molecule has 0 unspecified atom stereocenters. The molecule has 0 saturated heterocycles. The van der Waals surface area contributed by atoms with Gasteiger partial charge in [0, 0.05) is 17.0 Å². The maximum absolute atomic E-state index is 12.3. The Balaban J connectivity index is 1.69. The highest BCUT2D eigenvalue weighted by Gasteiger charge is 2.28. The van der Waals surface area contributed by atoms with Crippen molar-refractivity contribution in [1.82, 2.24) is 0 Å². The van der Waals surface area contributed by atoms with Crippen LogP contribution in [0, 0.1) is 13.8 Å². The zero-order valence-electron chi connectivity index (χ0n) is 13.1. The van der Waals surface area contributed by atoms with Crippen LogP contribution < -0.4 is 10.6 Å². The van der Waals surface area contributed by atoms with E-state index in [0.29, 0.717) is 0 Å². The van der Waals surface area contributed by atoms with Crippen molar-refractivity contribution in [3.05, 3.63) is 53.6 Å². The summed E-state index contributed by atoms with van der Waals surface area (Å²) < 4.78 is 0. The molecule has 1 atom stereocenters. The molecule has 4 nitrogen and oxygen atoms in total. The predicted molar refractivity (Wildman–Crippen MR) is 93.9 cm³/mol. The first-order chi connectivity index (χ1) is 11.0. The van der Waals surface area contributed by atoms with Crippen LogP contribution in [0.15, 0.2) is 47.4 Å². The number of carbonyl (C=O) groups is 2. The molecule has 0 fully saturated rings. The lowest BCUT2D eigenvalue weighted by molar-refractivity contribution is -0.120. The van der Waals surface area contributed by atoms with Gasteiger partial charge >= 0.3 is 0 Å². The van der Waals surface area contributed by atoms with Gasteiger partial charge in [0.2, 0.25) is 11.8 Å². The first-order valence-electron chi connectivity index (χ1n) is 7.46. The van der Waals surface area contributed by atoms with Crippen LogP contribution >= 0.6 is 11.8 Å². The van der Waals surface area contributed by atoms with E-state index >= 15 is 0 Å². The van der Waals surface area contributed by atoms with Crippen molar-refractivity contribution in [3.63, 3.8) is 0 Å². The maximum atomic E-state index is 12.3. The number of rotatable bonds is 3. The third-order valence-electron chi connectivity index (χ3n) is 3.74. The number of aryl methyl sites for hydroxylation is 2. The highest BCUT2D eigenvalue weighted by atomic mass is 32.2. The summed E-state index contributed by atoms with van der Waals surface area (Å²) in [5.74, 6) is -0.268. The molecule has 0 aliphatic carbocycles. The van der Waals surface area contributed by atoms with E-state index in [4.69, 9.17) is 0 Å². The molecule has 23 heavy (non-hydrogen) atoms. The summed E-state index contributed by atoms with van der Waals surface area (Å²) in [4.78, 5) is 25.4. The molecule has 1 aliphatic heterocycles. The van der Waals surface area contributed by atoms with Crippen LogP contribution in [-0.4, -0.2) is 17.1 Å². The van der Waals surface area contributed by atoms with Gasteiger partial charge in [-0.25, -0.2) is 0 Å². The fourth-order valence-corrected chi connectivity index (χ4v) is 3.58. The minimum atomic E-state index is -0.407. The molecule has 1 heterocycles. The molecule has 118 valence electrons. The van der Waals surface area contributed by atoms with E-state index in [1.54, 1.807) is 0 Å². The fraction of sp³-hybridized carbons (Fsp3) is 0.222. The summed E-state index contributed by atoms with van der Waals surface area (Å²) in [7, 11) is 0. The van der Waals surface area contributed by atoms with Crippen molar-refractivity contribution in [3.8, 4) is 0 Å². The fourth-order valence-electron chi connectivity index (χ4n) is 2.47. The van der Waals surface area contributed by atoms with Crippen LogP contribution in [0.25, 0.3) is 0 Å². The Morgan fingerprint density at radius 2 is 2.00 bits per heavy atom. The van der Waals surface area contributed by atoms with Gasteiger partial charge in [-0.2, -0.15) is 0 Å². The van der Waals surface area contributed by atoms with Gasteiger partial charge in [0.1, 0.15) is 0 Å². The third-order valence-corrected chi connectivity index (χ3v) is 5.02. The van der Waals surface area contributed by atoms with Gasteiger partial charge in [0.15, 0.2) is 0 Å². The first kappa shape index (κ1) is 15.6. The summed E-state index contributed by atoms with van der Waals surface area (Å²) in [6, 6.07) is 13.6. The average molecular weight is 326 g/mol. The normalized spacial score (nSPS) is 16.4. The molecule has 0 aromatic heterocycles. The van der Waals surface area contributed by atoms with Crippen molar-refractivity contribution >= 4 is 35.0 Å². The van der Waals surface area contributed by atoms with Gasteiger partial charge in [0.05, 0.1) is 10.9 Å². The summed E-state index contributed by atoms with van der Waals surface area (Å²) in [6.45, 7) is 3.93. The second-order valence-corrected chi connectivity index (χ2v) is 6.91.